The first-order valence-corrected chi connectivity index (χ1v) is 5.39. The summed E-state index contributed by atoms with van der Waals surface area (Å²) in [5.41, 5.74) is 0.660. The van der Waals surface area contributed by atoms with Crippen LogP contribution in [0.15, 0.2) is 46.3 Å². The fourth-order valence-electron chi connectivity index (χ4n) is 1.37. The lowest BCUT2D eigenvalue weighted by Gasteiger charge is -2.26. The van der Waals surface area contributed by atoms with Gasteiger partial charge in [0, 0.05) is 32.9 Å². The first-order chi connectivity index (χ1) is 8.77. The molecule has 19 heavy (non-hydrogen) atoms. The van der Waals surface area contributed by atoms with Gasteiger partial charge in [-0.05, 0) is 18.4 Å². The summed E-state index contributed by atoms with van der Waals surface area (Å²) < 4.78 is 38.4. The smallest absolute Gasteiger partial charge is 0.383 e. The minimum absolute atomic E-state index is 0.124. The molecule has 0 aromatic heterocycles. The van der Waals surface area contributed by atoms with Gasteiger partial charge in [-0.15, -0.1) is 0 Å². The number of alkyl halides is 3. The monoisotopic (exact) mass is 272 g/mol. The van der Waals surface area contributed by atoms with E-state index in [-0.39, 0.29) is 5.70 Å². The van der Waals surface area contributed by atoms with E-state index in [1.807, 2.05) is 14.1 Å². The molecule has 1 aliphatic heterocycles. The Hall–Kier alpha value is -2.05. The standard InChI is InChI=1S/C12H15F3N4/c1-9-10(6-8-18(3)4)5-7-17-19(9)11(16-2)12(13,14)15/h5-8H,1H2,2-4H3/b8-6+,16-11-. The summed E-state index contributed by atoms with van der Waals surface area (Å²) >= 11 is 0. The molecule has 0 saturated heterocycles. The normalized spacial score (nSPS) is 17.2. The maximum absolute atomic E-state index is 12.8. The topological polar surface area (TPSA) is 31.2 Å². The van der Waals surface area contributed by atoms with Crippen LogP contribution in [0, 0.1) is 0 Å². The summed E-state index contributed by atoms with van der Waals surface area (Å²) in [5.74, 6) is -1.10. The van der Waals surface area contributed by atoms with E-state index < -0.39 is 12.0 Å². The Morgan fingerprint density at radius 3 is 2.58 bits per heavy atom. The second-order valence-electron chi connectivity index (χ2n) is 3.97. The third-order valence-electron chi connectivity index (χ3n) is 2.24. The first-order valence-electron chi connectivity index (χ1n) is 5.39. The number of nitrogens with zero attached hydrogens (tertiary/aromatic N) is 4. The lowest BCUT2D eigenvalue weighted by atomic mass is 10.1. The number of hydrogen-bond acceptors (Lipinski definition) is 3. The molecule has 0 aromatic carbocycles. The zero-order valence-electron chi connectivity index (χ0n) is 10.9. The second-order valence-corrected chi connectivity index (χ2v) is 3.97. The van der Waals surface area contributed by atoms with Crippen molar-refractivity contribution in [2.24, 2.45) is 10.1 Å². The van der Waals surface area contributed by atoms with Crippen LogP contribution in [-0.2, 0) is 0 Å². The lowest BCUT2D eigenvalue weighted by Crippen LogP contribution is -2.38. The van der Waals surface area contributed by atoms with Crippen molar-refractivity contribution in [3.63, 3.8) is 0 Å². The van der Waals surface area contributed by atoms with E-state index in [9.17, 15) is 13.2 Å². The Bertz CT molecular complexity index is 470. The molecule has 7 heteroatoms. The first kappa shape index (κ1) is 15.0. The molecule has 104 valence electrons. The lowest BCUT2D eigenvalue weighted by molar-refractivity contribution is -0.0673. The number of rotatable bonds is 2. The van der Waals surface area contributed by atoms with Crippen molar-refractivity contribution >= 4 is 12.1 Å². The number of allylic oxidation sites excluding steroid dienone is 2. The van der Waals surface area contributed by atoms with Gasteiger partial charge >= 0.3 is 6.18 Å². The van der Waals surface area contributed by atoms with Crippen molar-refractivity contribution in [3.8, 4) is 0 Å². The van der Waals surface area contributed by atoms with Gasteiger partial charge in [-0.3, -0.25) is 4.99 Å². The van der Waals surface area contributed by atoms with E-state index in [1.54, 1.807) is 23.3 Å². The Kier molecular flexibility index (Phi) is 4.52. The number of amidine groups is 1. The van der Waals surface area contributed by atoms with Crippen molar-refractivity contribution in [1.29, 1.82) is 0 Å². The van der Waals surface area contributed by atoms with E-state index in [2.05, 4.69) is 16.7 Å². The highest BCUT2D eigenvalue weighted by Gasteiger charge is 2.41. The van der Waals surface area contributed by atoms with E-state index >= 15 is 0 Å². The molecule has 0 fully saturated rings. The van der Waals surface area contributed by atoms with E-state index in [0.717, 1.165) is 7.05 Å². The highest BCUT2D eigenvalue weighted by molar-refractivity contribution is 5.92. The minimum Gasteiger partial charge on any atom is -0.383 e. The molecule has 1 rings (SSSR count). The highest BCUT2D eigenvalue weighted by Crippen LogP contribution is 2.27. The van der Waals surface area contributed by atoms with Crippen LogP contribution in [0.25, 0.3) is 0 Å². The molecule has 0 aromatic rings. The summed E-state index contributed by atoms with van der Waals surface area (Å²) in [5, 5.41) is 4.35. The zero-order chi connectivity index (χ0) is 14.6. The molecule has 1 aliphatic rings. The summed E-state index contributed by atoms with van der Waals surface area (Å²) in [6, 6.07) is 0. The molecule has 0 bridgehead atoms. The molecule has 0 saturated carbocycles. The van der Waals surface area contributed by atoms with Gasteiger partial charge in [-0.25, -0.2) is 5.01 Å². The summed E-state index contributed by atoms with van der Waals surface area (Å²) in [4.78, 5) is 5.01. The average Bonchev–Trinajstić information content (AvgIpc) is 2.28. The quantitative estimate of drug-likeness (QED) is 0.571. The third-order valence-corrected chi connectivity index (χ3v) is 2.24. The molecular weight excluding hydrogens is 257 g/mol. The number of aliphatic imine (C=N–C) groups is 1. The average molecular weight is 272 g/mol. The van der Waals surface area contributed by atoms with Crippen molar-refractivity contribution in [2.75, 3.05) is 21.1 Å². The molecule has 0 aliphatic carbocycles. The van der Waals surface area contributed by atoms with Gasteiger partial charge in [0.15, 0.2) is 0 Å². The summed E-state index contributed by atoms with van der Waals surface area (Å²) in [7, 11) is 4.69. The molecule has 1 heterocycles. The second kappa shape index (κ2) is 5.73. The van der Waals surface area contributed by atoms with Crippen LogP contribution < -0.4 is 0 Å². The fraction of sp³-hybridized carbons (Fsp3) is 0.333. The minimum atomic E-state index is -4.58. The van der Waals surface area contributed by atoms with E-state index in [0.29, 0.717) is 10.6 Å². The zero-order valence-corrected chi connectivity index (χ0v) is 10.9. The summed E-state index contributed by atoms with van der Waals surface area (Å²) in [6.45, 7) is 3.63. The number of halogens is 3. The Morgan fingerprint density at radius 1 is 1.47 bits per heavy atom. The van der Waals surface area contributed by atoms with Gasteiger partial charge in [0.1, 0.15) is 0 Å². The molecule has 0 spiro atoms. The van der Waals surface area contributed by atoms with Gasteiger partial charge in [0.05, 0.1) is 5.70 Å². The Balaban J connectivity index is 3.02. The predicted octanol–water partition coefficient (Wildman–Crippen LogP) is 2.39. The van der Waals surface area contributed by atoms with Crippen LogP contribution in [0.3, 0.4) is 0 Å². The van der Waals surface area contributed by atoms with E-state index in [1.165, 1.54) is 6.21 Å². The van der Waals surface area contributed by atoms with Crippen molar-refractivity contribution in [3.05, 3.63) is 36.2 Å². The van der Waals surface area contributed by atoms with Gasteiger partial charge in [-0.2, -0.15) is 18.3 Å². The van der Waals surface area contributed by atoms with Crippen LogP contribution in [0.1, 0.15) is 0 Å². The molecule has 0 unspecified atom stereocenters. The predicted molar refractivity (Wildman–Crippen MR) is 69.8 cm³/mol. The molecule has 0 radical (unpaired) electrons. The number of hydrogen-bond donors (Lipinski definition) is 0. The van der Waals surface area contributed by atoms with Gasteiger partial charge in [0.25, 0.3) is 0 Å². The molecular formula is C12H15F3N4. The Labute approximate surface area is 109 Å². The maximum Gasteiger partial charge on any atom is 0.451 e. The van der Waals surface area contributed by atoms with Crippen molar-refractivity contribution in [2.45, 2.75) is 6.18 Å². The molecule has 0 amide bonds. The van der Waals surface area contributed by atoms with Crippen LogP contribution in [0.2, 0.25) is 0 Å². The van der Waals surface area contributed by atoms with Gasteiger partial charge < -0.3 is 4.90 Å². The highest BCUT2D eigenvalue weighted by atomic mass is 19.4. The maximum atomic E-state index is 12.8. The van der Waals surface area contributed by atoms with Crippen molar-refractivity contribution in [1.82, 2.24) is 9.91 Å². The Morgan fingerprint density at radius 2 is 2.11 bits per heavy atom. The molecule has 0 atom stereocenters. The van der Waals surface area contributed by atoms with Crippen LogP contribution in [0.5, 0.6) is 0 Å². The fourth-order valence-corrected chi connectivity index (χ4v) is 1.37. The molecule has 4 nitrogen and oxygen atoms in total. The number of hydrazone groups is 1. The summed E-state index contributed by atoms with van der Waals surface area (Å²) in [6.07, 6.45) is 1.65. The van der Waals surface area contributed by atoms with Crippen molar-refractivity contribution < 1.29 is 13.2 Å². The van der Waals surface area contributed by atoms with E-state index in [4.69, 9.17) is 0 Å². The van der Waals surface area contributed by atoms with Gasteiger partial charge in [-0.1, -0.05) is 6.58 Å². The largest absolute Gasteiger partial charge is 0.451 e. The van der Waals surface area contributed by atoms with Gasteiger partial charge in [0.2, 0.25) is 5.84 Å². The van der Waals surface area contributed by atoms with Crippen LogP contribution in [-0.4, -0.2) is 49.3 Å². The van der Waals surface area contributed by atoms with Crippen LogP contribution >= 0.6 is 0 Å². The SMILES string of the molecule is C=C1C(/C=C/N(C)C)=CC=NN1/C(=N\C)C(F)(F)F. The third kappa shape index (κ3) is 3.70. The van der Waals surface area contributed by atoms with Crippen LogP contribution in [0.4, 0.5) is 13.2 Å². The molecule has 0 N–H and O–H groups in total.